The molecule has 1 fully saturated rings. The zero-order valence-corrected chi connectivity index (χ0v) is 12.6. The molecule has 5 nitrogen and oxygen atoms in total. The molecule has 1 aromatic heterocycles. The van der Waals surface area contributed by atoms with Crippen molar-refractivity contribution in [3.05, 3.63) is 12.0 Å². The Balaban J connectivity index is 2.04. The number of nitrogens with one attached hydrogen (secondary N) is 1. The van der Waals surface area contributed by atoms with Crippen LogP contribution >= 0.6 is 0 Å². The van der Waals surface area contributed by atoms with Crippen LogP contribution in [0.5, 0.6) is 0 Å². The predicted octanol–water partition coefficient (Wildman–Crippen LogP) is 1.97. The van der Waals surface area contributed by atoms with E-state index in [2.05, 4.69) is 34.0 Å². The van der Waals surface area contributed by atoms with Gasteiger partial charge in [0.25, 0.3) is 0 Å². The van der Waals surface area contributed by atoms with E-state index in [4.69, 9.17) is 0 Å². The van der Waals surface area contributed by atoms with Gasteiger partial charge in [-0.25, -0.2) is 9.37 Å². The standard InChI is InChI=1S/C14H24FN5/c1-4-11(3)19-6-8-20(9-7-19)13-12(15)10-17-14(18-13)16-5-2/h10-11H,4-9H2,1-3H3,(H,16,17,18). The van der Waals surface area contributed by atoms with Crippen molar-refractivity contribution in [2.24, 2.45) is 0 Å². The third-order valence-corrected chi connectivity index (χ3v) is 3.89. The van der Waals surface area contributed by atoms with Gasteiger partial charge in [-0.05, 0) is 20.3 Å². The van der Waals surface area contributed by atoms with Crippen LogP contribution in [0.2, 0.25) is 0 Å². The summed E-state index contributed by atoms with van der Waals surface area (Å²) in [6.07, 6.45) is 2.40. The van der Waals surface area contributed by atoms with Gasteiger partial charge in [-0.3, -0.25) is 4.90 Å². The van der Waals surface area contributed by atoms with E-state index in [-0.39, 0.29) is 5.82 Å². The summed E-state index contributed by atoms with van der Waals surface area (Å²) in [6.45, 7) is 10.7. The molecule has 1 unspecified atom stereocenters. The van der Waals surface area contributed by atoms with Crippen LogP contribution in [0.25, 0.3) is 0 Å². The molecule has 1 aliphatic heterocycles. The summed E-state index contributed by atoms with van der Waals surface area (Å²) in [5, 5.41) is 3.02. The maximum atomic E-state index is 13.9. The maximum absolute atomic E-state index is 13.9. The number of nitrogens with zero attached hydrogens (tertiary/aromatic N) is 4. The van der Waals surface area contributed by atoms with E-state index in [0.717, 1.165) is 39.1 Å². The first-order valence-corrected chi connectivity index (χ1v) is 7.41. The first-order valence-electron chi connectivity index (χ1n) is 7.41. The van der Waals surface area contributed by atoms with Crippen LogP contribution in [0.1, 0.15) is 27.2 Å². The lowest BCUT2D eigenvalue weighted by Crippen LogP contribution is -2.50. The summed E-state index contributed by atoms with van der Waals surface area (Å²) in [7, 11) is 0. The van der Waals surface area contributed by atoms with Crippen molar-refractivity contribution in [2.75, 3.05) is 42.9 Å². The predicted molar refractivity (Wildman–Crippen MR) is 79.7 cm³/mol. The molecule has 112 valence electrons. The van der Waals surface area contributed by atoms with E-state index in [1.54, 1.807) is 0 Å². The van der Waals surface area contributed by atoms with Crippen molar-refractivity contribution in [1.82, 2.24) is 14.9 Å². The Morgan fingerprint density at radius 3 is 2.60 bits per heavy atom. The fraction of sp³-hybridized carbons (Fsp3) is 0.714. The highest BCUT2D eigenvalue weighted by Gasteiger charge is 2.23. The lowest BCUT2D eigenvalue weighted by molar-refractivity contribution is 0.192. The molecule has 0 radical (unpaired) electrons. The molecule has 0 saturated carbocycles. The highest BCUT2D eigenvalue weighted by molar-refractivity contribution is 5.44. The van der Waals surface area contributed by atoms with Crippen LogP contribution in [-0.2, 0) is 0 Å². The quantitative estimate of drug-likeness (QED) is 0.894. The molecule has 6 heteroatoms. The van der Waals surface area contributed by atoms with Gasteiger partial charge in [0.15, 0.2) is 11.6 Å². The van der Waals surface area contributed by atoms with Crippen molar-refractivity contribution in [2.45, 2.75) is 33.2 Å². The molecule has 2 heterocycles. The van der Waals surface area contributed by atoms with Gasteiger partial charge in [-0.2, -0.15) is 4.98 Å². The SMILES string of the molecule is CCNc1ncc(F)c(N2CCN(C(C)CC)CC2)n1. The Kier molecular flexibility index (Phi) is 5.11. The number of aromatic nitrogens is 2. The highest BCUT2D eigenvalue weighted by atomic mass is 19.1. The fourth-order valence-corrected chi connectivity index (χ4v) is 2.46. The first-order chi connectivity index (χ1) is 9.65. The van der Waals surface area contributed by atoms with Crippen LogP contribution in [0.15, 0.2) is 6.20 Å². The van der Waals surface area contributed by atoms with Crippen molar-refractivity contribution in [1.29, 1.82) is 0 Å². The minimum absolute atomic E-state index is 0.344. The Labute approximate surface area is 120 Å². The lowest BCUT2D eigenvalue weighted by Gasteiger charge is -2.38. The van der Waals surface area contributed by atoms with Crippen molar-refractivity contribution >= 4 is 11.8 Å². The smallest absolute Gasteiger partial charge is 0.224 e. The van der Waals surface area contributed by atoms with Gasteiger partial charge in [-0.15, -0.1) is 0 Å². The van der Waals surface area contributed by atoms with Gasteiger partial charge in [-0.1, -0.05) is 6.92 Å². The largest absolute Gasteiger partial charge is 0.354 e. The Morgan fingerprint density at radius 2 is 2.00 bits per heavy atom. The number of anilines is 2. The third-order valence-electron chi connectivity index (χ3n) is 3.89. The second-order valence-corrected chi connectivity index (χ2v) is 5.18. The summed E-state index contributed by atoms with van der Waals surface area (Å²) in [4.78, 5) is 12.7. The monoisotopic (exact) mass is 281 g/mol. The van der Waals surface area contributed by atoms with Crippen molar-refractivity contribution < 1.29 is 4.39 Å². The summed E-state index contributed by atoms with van der Waals surface area (Å²) >= 11 is 0. The van der Waals surface area contributed by atoms with Gasteiger partial charge >= 0.3 is 0 Å². The Hall–Kier alpha value is -1.43. The Morgan fingerprint density at radius 1 is 1.30 bits per heavy atom. The van der Waals surface area contributed by atoms with E-state index >= 15 is 0 Å². The molecule has 0 amide bonds. The second kappa shape index (κ2) is 6.83. The number of piperazine rings is 1. The normalized spacial score (nSPS) is 18.1. The summed E-state index contributed by atoms with van der Waals surface area (Å²) < 4.78 is 13.9. The topological polar surface area (TPSA) is 44.3 Å². The average Bonchev–Trinajstić information content (AvgIpc) is 2.49. The van der Waals surface area contributed by atoms with E-state index < -0.39 is 0 Å². The van der Waals surface area contributed by atoms with Gasteiger partial charge in [0.1, 0.15) is 0 Å². The van der Waals surface area contributed by atoms with Crippen LogP contribution in [-0.4, -0.2) is 53.6 Å². The third kappa shape index (κ3) is 3.36. The molecule has 1 aromatic rings. The molecule has 0 aliphatic carbocycles. The molecule has 1 saturated heterocycles. The van der Waals surface area contributed by atoms with Crippen molar-refractivity contribution in [3.63, 3.8) is 0 Å². The number of hydrogen-bond acceptors (Lipinski definition) is 5. The van der Waals surface area contributed by atoms with E-state index in [0.29, 0.717) is 17.8 Å². The summed E-state index contributed by atoms with van der Waals surface area (Å²) in [5.74, 6) is 0.566. The van der Waals surface area contributed by atoms with Crippen LogP contribution in [0.4, 0.5) is 16.2 Å². The number of rotatable bonds is 5. The minimum atomic E-state index is -0.344. The first kappa shape index (κ1) is 15.0. The molecule has 20 heavy (non-hydrogen) atoms. The summed E-state index contributed by atoms with van der Waals surface area (Å²) in [6, 6.07) is 0.588. The molecular weight excluding hydrogens is 257 g/mol. The Bertz CT molecular complexity index is 432. The van der Waals surface area contributed by atoms with E-state index in [9.17, 15) is 4.39 Å². The van der Waals surface area contributed by atoms with Gasteiger partial charge in [0, 0.05) is 38.8 Å². The zero-order valence-electron chi connectivity index (χ0n) is 12.6. The molecule has 1 aliphatic rings. The van der Waals surface area contributed by atoms with Crippen LogP contribution in [0.3, 0.4) is 0 Å². The molecule has 1 N–H and O–H groups in total. The van der Waals surface area contributed by atoms with Gasteiger partial charge in [0.05, 0.1) is 6.20 Å². The summed E-state index contributed by atoms with van der Waals surface area (Å²) in [5.41, 5.74) is 0. The molecular formula is C14H24FN5. The number of hydrogen-bond donors (Lipinski definition) is 1. The fourth-order valence-electron chi connectivity index (χ4n) is 2.46. The average molecular weight is 281 g/mol. The van der Waals surface area contributed by atoms with Gasteiger partial charge in [0.2, 0.25) is 5.95 Å². The minimum Gasteiger partial charge on any atom is -0.354 e. The van der Waals surface area contributed by atoms with E-state index in [1.807, 2.05) is 11.8 Å². The van der Waals surface area contributed by atoms with Crippen molar-refractivity contribution in [3.8, 4) is 0 Å². The molecule has 2 rings (SSSR count). The zero-order chi connectivity index (χ0) is 14.5. The van der Waals surface area contributed by atoms with Crippen LogP contribution < -0.4 is 10.2 Å². The molecule has 1 atom stereocenters. The van der Waals surface area contributed by atoms with E-state index in [1.165, 1.54) is 6.20 Å². The molecule has 0 bridgehead atoms. The maximum Gasteiger partial charge on any atom is 0.224 e. The highest BCUT2D eigenvalue weighted by Crippen LogP contribution is 2.20. The van der Waals surface area contributed by atoms with Gasteiger partial charge < -0.3 is 10.2 Å². The molecule has 0 spiro atoms. The second-order valence-electron chi connectivity index (χ2n) is 5.18. The molecule has 0 aromatic carbocycles. The van der Waals surface area contributed by atoms with Crippen LogP contribution in [0, 0.1) is 5.82 Å². The lowest BCUT2D eigenvalue weighted by atomic mass is 10.2. The number of halogens is 1.